The van der Waals surface area contributed by atoms with Crippen LogP contribution >= 0.6 is 0 Å². The summed E-state index contributed by atoms with van der Waals surface area (Å²) < 4.78 is 0. The second kappa shape index (κ2) is 10.8. The predicted octanol–water partition coefficient (Wildman–Crippen LogP) is 1.03. The van der Waals surface area contributed by atoms with Crippen molar-refractivity contribution in [2.75, 3.05) is 34.7 Å². The SMILES string of the molecule is CN(C)CCCc1cccc(-c2ccc(O)c3c2C[C@H]2C[C@H]4[C@H](N(C)C)C(=O)C(C(N)=O)C(=O)[C@@]4(O)C(=O)C2C3=O)c1. The molecule has 0 bridgehead atoms. The molecule has 2 aromatic carbocycles. The molecule has 222 valence electrons. The minimum atomic E-state index is -2.73. The summed E-state index contributed by atoms with van der Waals surface area (Å²) in [6.07, 6.45) is 2.08. The third kappa shape index (κ3) is 4.58. The van der Waals surface area contributed by atoms with Gasteiger partial charge in [0.25, 0.3) is 0 Å². The smallest absolute Gasteiger partial charge is 0.235 e. The van der Waals surface area contributed by atoms with E-state index in [4.69, 9.17) is 5.73 Å². The number of hydrogen-bond acceptors (Lipinski definition) is 9. The van der Waals surface area contributed by atoms with Crippen LogP contribution in [0.3, 0.4) is 0 Å². The normalized spacial score (nSPS) is 29.0. The van der Waals surface area contributed by atoms with Crippen molar-refractivity contribution < 1.29 is 34.2 Å². The molecule has 2 aromatic rings. The number of Topliss-reactive ketones (excluding diaryl/α,β-unsaturated/α-hetero) is 4. The number of rotatable bonds is 7. The van der Waals surface area contributed by atoms with E-state index in [0.29, 0.717) is 5.56 Å². The van der Waals surface area contributed by atoms with Crippen LogP contribution in [0, 0.1) is 23.7 Å². The average molecular weight is 576 g/mol. The molecule has 6 atom stereocenters. The van der Waals surface area contributed by atoms with E-state index in [-0.39, 0.29) is 24.2 Å². The number of phenolic OH excluding ortho intramolecular Hbond substituents is 1. The van der Waals surface area contributed by atoms with E-state index in [1.54, 1.807) is 20.2 Å². The number of amides is 1. The summed E-state index contributed by atoms with van der Waals surface area (Å²) in [4.78, 5) is 70.4. The van der Waals surface area contributed by atoms with Gasteiger partial charge in [0, 0.05) is 5.92 Å². The van der Waals surface area contributed by atoms with Crippen LogP contribution in [0.15, 0.2) is 36.4 Å². The average Bonchev–Trinajstić information content (AvgIpc) is 2.90. The lowest BCUT2D eigenvalue weighted by Gasteiger charge is -2.52. The Kier molecular flexibility index (Phi) is 7.67. The lowest BCUT2D eigenvalue weighted by Crippen LogP contribution is -2.74. The standard InChI is InChI=1S/C32H37N3O7/c1-34(2)12-6-8-16-7-5-9-17(13-16)19-10-11-22(36)24-20(19)14-18-15-21-26(35(3)4)28(38)25(31(33)41)30(40)32(21,42)29(39)23(18)27(24)37/h5,7,9-11,13,18,21,23,25-26,36,42H,6,8,12,14-15H2,1-4H3,(H2,33,41)/t18-,21-,23?,25?,26-,32-/m0/s1. The number of likely N-dealkylation sites (N-methyl/N-ethyl adjacent to an activating group) is 1. The van der Waals surface area contributed by atoms with Crippen LogP contribution in [0.1, 0.15) is 34.3 Å². The van der Waals surface area contributed by atoms with Gasteiger partial charge in [-0.2, -0.15) is 0 Å². The molecule has 5 rings (SSSR count). The van der Waals surface area contributed by atoms with E-state index in [1.165, 1.54) is 11.0 Å². The van der Waals surface area contributed by atoms with Gasteiger partial charge in [0.2, 0.25) is 5.91 Å². The number of nitrogens with zero attached hydrogens (tertiary/aromatic N) is 2. The summed E-state index contributed by atoms with van der Waals surface area (Å²) in [5.74, 6) is -10.5. The Morgan fingerprint density at radius 2 is 1.76 bits per heavy atom. The molecule has 3 aliphatic carbocycles. The van der Waals surface area contributed by atoms with Crippen molar-refractivity contribution in [3.05, 3.63) is 53.1 Å². The maximum absolute atomic E-state index is 14.0. The van der Waals surface area contributed by atoms with Crippen LogP contribution in [0.5, 0.6) is 5.75 Å². The highest BCUT2D eigenvalue weighted by Gasteiger charge is 2.69. The van der Waals surface area contributed by atoms with Gasteiger partial charge in [-0.1, -0.05) is 30.3 Å². The Balaban J connectivity index is 1.57. The van der Waals surface area contributed by atoms with Crippen LogP contribution in [0.4, 0.5) is 0 Å². The Hall–Kier alpha value is -3.73. The van der Waals surface area contributed by atoms with Gasteiger partial charge in [-0.25, -0.2) is 0 Å². The first-order chi connectivity index (χ1) is 19.8. The van der Waals surface area contributed by atoms with Gasteiger partial charge >= 0.3 is 0 Å². The molecule has 0 spiro atoms. The Morgan fingerprint density at radius 3 is 2.40 bits per heavy atom. The molecule has 4 N–H and O–H groups in total. The molecule has 42 heavy (non-hydrogen) atoms. The lowest BCUT2D eigenvalue weighted by molar-refractivity contribution is -0.181. The number of aromatic hydroxyl groups is 1. The molecule has 3 aliphatic rings. The third-order valence-corrected chi connectivity index (χ3v) is 9.25. The number of benzene rings is 2. The fraction of sp³-hybridized carbons (Fsp3) is 0.469. The van der Waals surface area contributed by atoms with E-state index < -0.39 is 64.4 Å². The van der Waals surface area contributed by atoms with Crippen molar-refractivity contribution in [2.24, 2.45) is 29.4 Å². The number of aryl methyl sites for hydroxylation is 1. The minimum Gasteiger partial charge on any atom is -0.507 e. The number of aliphatic hydroxyl groups is 1. The largest absolute Gasteiger partial charge is 0.507 e. The molecule has 1 amide bonds. The number of hydrogen-bond donors (Lipinski definition) is 3. The van der Waals surface area contributed by atoms with Crippen molar-refractivity contribution >= 4 is 29.0 Å². The first kappa shape index (κ1) is 29.8. The summed E-state index contributed by atoms with van der Waals surface area (Å²) in [7, 11) is 7.18. The summed E-state index contributed by atoms with van der Waals surface area (Å²) in [6, 6.07) is 10.1. The third-order valence-electron chi connectivity index (χ3n) is 9.25. The maximum Gasteiger partial charge on any atom is 0.235 e. The fourth-order valence-electron chi connectivity index (χ4n) is 7.37. The molecular formula is C32H37N3O7. The van der Waals surface area contributed by atoms with Gasteiger partial charge in [-0.15, -0.1) is 0 Å². The van der Waals surface area contributed by atoms with E-state index in [1.807, 2.05) is 32.3 Å². The molecule has 0 heterocycles. The van der Waals surface area contributed by atoms with Crippen molar-refractivity contribution in [3.8, 4) is 16.9 Å². The predicted molar refractivity (Wildman–Crippen MR) is 154 cm³/mol. The fourth-order valence-corrected chi connectivity index (χ4v) is 7.37. The molecular weight excluding hydrogens is 538 g/mol. The van der Waals surface area contributed by atoms with Gasteiger partial charge in [0.15, 0.2) is 34.7 Å². The van der Waals surface area contributed by atoms with Crippen molar-refractivity contribution in [2.45, 2.75) is 37.3 Å². The number of carbonyl (C=O) groups is 5. The summed E-state index contributed by atoms with van der Waals surface area (Å²) in [6.45, 7) is 0.942. The van der Waals surface area contributed by atoms with Crippen molar-refractivity contribution in [3.63, 3.8) is 0 Å². The van der Waals surface area contributed by atoms with Gasteiger partial charge in [0.1, 0.15) is 5.75 Å². The molecule has 10 heteroatoms. The van der Waals surface area contributed by atoms with Crippen LogP contribution in [0.2, 0.25) is 0 Å². The number of fused-ring (bicyclic) bond motifs is 3. The second-order valence-corrected chi connectivity index (χ2v) is 12.4. The highest BCUT2D eigenvalue weighted by molar-refractivity contribution is 6.32. The maximum atomic E-state index is 14.0. The summed E-state index contributed by atoms with van der Waals surface area (Å²) in [5.41, 5.74) is 5.99. The zero-order chi connectivity index (χ0) is 30.7. The zero-order valence-electron chi connectivity index (χ0n) is 24.3. The van der Waals surface area contributed by atoms with Crippen LogP contribution in [-0.4, -0.2) is 95.4 Å². The summed E-state index contributed by atoms with van der Waals surface area (Å²) in [5, 5.41) is 22.6. The second-order valence-electron chi connectivity index (χ2n) is 12.4. The lowest BCUT2D eigenvalue weighted by atomic mass is 9.52. The minimum absolute atomic E-state index is 0.00268. The van der Waals surface area contributed by atoms with E-state index in [9.17, 15) is 34.2 Å². The molecule has 0 aliphatic heterocycles. The number of carbonyl (C=O) groups excluding carboxylic acids is 5. The van der Waals surface area contributed by atoms with Gasteiger partial charge in [0.05, 0.1) is 17.5 Å². The molecule has 10 nitrogen and oxygen atoms in total. The van der Waals surface area contributed by atoms with Crippen LogP contribution in [-0.2, 0) is 32.0 Å². The highest BCUT2D eigenvalue weighted by Crippen LogP contribution is 2.51. The monoisotopic (exact) mass is 575 g/mol. The topological polar surface area (TPSA) is 158 Å². The Bertz CT molecular complexity index is 1500. The number of ketones is 4. The number of nitrogens with two attached hydrogens (primary N) is 1. The Labute approximate surface area is 244 Å². The van der Waals surface area contributed by atoms with E-state index >= 15 is 0 Å². The zero-order valence-corrected chi connectivity index (χ0v) is 24.3. The highest BCUT2D eigenvalue weighted by atomic mass is 16.3. The first-order valence-corrected chi connectivity index (χ1v) is 14.2. The van der Waals surface area contributed by atoms with Gasteiger partial charge in [-0.05, 0) is 94.7 Å². The molecule has 0 saturated heterocycles. The van der Waals surface area contributed by atoms with Crippen molar-refractivity contribution in [1.29, 1.82) is 0 Å². The van der Waals surface area contributed by atoms with Crippen molar-refractivity contribution in [1.82, 2.24) is 9.80 Å². The Morgan fingerprint density at radius 1 is 1.05 bits per heavy atom. The molecule has 0 radical (unpaired) electrons. The number of primary amides is 1. The molecule has 2 unspecified atom stereocenters. The van der Waals surface area contributed by atoms with Crippen LogP contribution < -0.4 is 5.73 Å². The first-order valence-electron chi connectivity index (χ1n) is 14.2. The quantitative estimate of drug-likeness (QED) is 0.410. The van der Waals surface area contributed by atoms with E-state index in [0.717, 1.165) is 36.1 Å². The number of phenols is 1. The summed E-state index contributed by atoms with van der Waals surface area (Å²) >= 11 is 0. The van der Waals surface area contributed by atoms with Gasteiger partial charge < -0.3 is 20.8 Å². The van der Waals surface area contributed by atoms with Gasteiger partial charge in [-0.3, -0.25) is 28.9 Å². The molecule has 2 saturated carbocycles. The van der Waals surface area contributed by atoms with E-state index in [2.05, 4.69) is 11.0 Å². The van der Waals surface area contributed by atoms with Crippen LogP contribution in [0.25, 0.3) is 11.1 Å². The molecule has 2 fully saturated rings. The molecule has 0 aromatic heterocycles.